The van der Waals surface area contributed by atoms with Crippen LogP contribution in [0, 0.1) is 0 Å². The maximum atomic E-state index is 13.7. The Bertz CT molecular complexity index is 2540. The third-order valence-electron chi connectivity index (χ3n) is 9.83. The van der Waals surface area contributed by atoms with E-state index in [1.807, 2.05) is 42.5 Å². The Hall–Kier alpha value is -8.00. The number of unbranched alkanes of at least 4 members (excludes halogenated alkanes) is 6. The third-order valence-corrected chi connectivity index (χ3v) is 9.83. The molecule has 0 radical (unpaired) electrons. The lowest BCUT2D eigenvalue weighted by atomic mass is 10.1. The molecule has 0 aliphatic carbocycles. The SMILES string of the molecule is C=CC(=O)OCCCCCCOc1ccc(C(=O)Oc2cc(OC(=O)C(=C)C)c(OC(=O)c3ccc(OCCCCCCOC(=O)C=C)cc3)cc2/C=N/Nc2cccc3ccccc23)cc1. The number of hydrazone groups is 1. The lowest BCUT2D eigenvalue weighted by Crippen LogP contribution is -2.15. The van der Waals surface area contributed by atoms with Crippen LogP contribution >= 0.6 is 0 Å². The maximum absolute atomic E-state index is 13.7. The van der Waals surface area contributed by atoms with Gasteiger partial charge in [0.25, 0.3) is 0 Å². The van der Waals surface area contributed by atoms with Crippen molar-refractivity contribution in [2.75, 3.05) is 31.9 Å². The zero-order chi connectivity index (χ0) is 47.8. The first kappa shape index (κ1) is 50.0. The highest BCUT2D eigenvalue weighted by molar-refractivity contribution is 5.97. The molecule has 14 nitrogen and oxygen atoms in total. The molecular formula is C53H54N2O12. The number of esters is 5. The summed E-state index contributed by atoms with van der Waals surface area (Å²) in [5.41, 5.74) is 4.39. The van der Waals surface area contributed by atoms with E-state index in [1.54, 1.807) is 48.5 Å². The molecule has 5 aromatic carbocycles. The molecule has 0 amide bonds. The van der Waals surface area contributed by atoms with Gasteiger partial charge in [-0.2, -0.15) is 5.10 Å². The van der Waals surface area contributed by atoms with Crippen molar-refractivity contribution in [2.45, 2.75) is 58.3 Å². The average molecular weight is 911 g/mol. The summed E-state index contributed by atoms with van der Waals surface area (Å²) in [4.78, 5) is 62.5. The van der Waals surface area contributed by atoms with Crippen LogP contribution in [0.4, 0.5) is 5.69 Å². The predicted molar refractivity (Wildman–Crippen MR) is 255 cm³/mol. The molecule has 0 saturated heterocycles. The Morgan fingerprint density at radius 1 is 0.567 bits per heavy atom. The molecule has 0 atom stereocenters. The number of hydrogen-bond acceptors (Lipinski definition) is 14. The Labute approximate surface area is 389 Å². The first-order chi connectivity index (χ1) is 32.5. The maximum Gasteiger partial charge on any atom is 0.343 e. The molecule has 5 aromatic rings. The normalized spacial score (nSPS) is 10.7. The summed E-state index contributed by atoms with van der Waals surface area (Å²) >= 11 is 0. The molecule has 348 valence electrons. The van der Waals surface area contributed by atoms with Crippen LogP contribution in [0.5, 0.6) is 28.7 Å². The number of benzene rings is 5. The van der Waals surface area contributed by atoms with Crippen molar-refractivity contribution < 1.29 is 57.1 Å². The second-order valence-electron chi connectivity index (χ2n) is 15.0. The molecular weight excluding hydrogens is 857 g/mol. The number of carbonyl (C=O) groups excluding carboxylic acids is 5. The molecule has 0 bridgehead atoms. The molecule has 67 heavy (non-hydrogen) atoms. The van der Waals surface area contributed by atoms with Crippen molar-refractivity contribution in [3.63, 3.8) is 0 Å². The largest absolute Gasteiger partial charge is 0.494 e. The Morgan fingerprint density at radius 2 is 1.06 bits per heavy atom. The molecule has 0 saturated carbocycles. The van der Waals surface area contributed by atoms with E-state index < -0.39 is 29.8 Å². The van der Waals surface area contributed by atoms with Crippen LogP contribution in [-0.4, -0.2) is 62.5 Å². The van der Waals surface area contributed by atoms with E-state index in [0.29, 0.717) is 43.6 Å². The fourth-order valence-corrected chi connectivity index (χ4v) is 6.24. The van der Waals surface area contributed by atoms with E-state index in [0.717, 1.165) is 74.3 Å². The smallest absolute Gasteiger partial charge is 0.343 e. The zero-order valence-electron chi connectivity index (χ0n) is 37.5. The average Bonchev–Trinajstić information content (AvgIpc) is 3.34. The summed E-state index contributed by atoms with van der Waals surface area (Å²) in [5.74, 6) is -2.53. The zero-order valence-corrected chi connectivity index (χ0v) is 37.5. The second kappa shape index (κ2) is 26.7. The topological polar surface area (TPSA) is 174 Å². The van der Waals surface area contributed by atoms with Crippen LogP contribution in [0.3, 0.4) is 0 Å². The Kier molecular flexibility index (Phi) is 19.9. The van der Waals surface area contributed by atoms with Crippen molar-refractivity contribution in [1.29, 1.82) is 0 Å². The number of fused-ring (bicyclic) bond motifs is 1. The van der Waals surface area contributed by atoms with Gasteiger partial charge >= 0.3 is 29.8 Å². The third kappa shape index (κ3) is 16.5. The molecule has 0 heterocycles. The molecule has 0 unspecified atom stereocenters. The Morgan fingerprint density at radius 3 is 1.60 bits per heavy atom. The van der Waals surface area contributed by atoms with Crippen molar-refractivity contribution in [1.82, 2.24) is 0 Å². The molecule has 0 aromatic heterocycles. The predicted octanol–water partition coefficient (Wildman–Crippen LogP) is 10.5. The van der Waals surface area contributed by atoms with Gasteiger partial charge in [0.1, 0.15) is 17.2 Å². The quantitative estimate of drug-likeness (QED) is 0.0132. The summed E-state index contributed by atoms with van der Waals surface area (Å²) in [6, 6.07) is 28.9. The summed E-state index contributed by atoms with van der Waals surface area (Å²) in [7, 11) is 0. The highest BCUT2D eigenvalue weighted by atomic mass is 16.6. The van der Waals surface area contributed by atoms with Crippen molar-refractivity contribution in [3.8, 4) is 28.7 Å². The van der Waals surface area contributed by atoms with E-state index in [-0.39, 0.29) is 39.5 Å². The van der Waals surface area contributed by atoms with Crippen LogP contribution in [-0.2, 0) is 23.9 Å². The molecule has 14 heteroatoms. The molecule has 0 fully saturated rings. The number of ether oxygens (including phenoxy) is 7. The second-order valence-corrected chi connectivity index (χ2v) is 15.0. The van der Waals surface area contributed by atoms with Gasteiger partial charge in [-0.15, -0.1) is 0 Å². The molecule has 0 aliphatic heterocycles. The first-order valence-corrected chi connectivity index (χ1v) is 21.9. The van der Waals surface area contributed by atoms with Gasteiger partial charge in [0.15, 0.2) is 11.5 Å². The van der Waals surface area contributed by atoms with Crippen LogP contribution in [0.1, 0.15) is 84.6 Å². The van der Waals surface area contributed by atoms with Crippen molar-refractivity contribution in [2.24, 2.45) is 5.10 Å². The van der Waals surface area contributed by atoms with Gasteiger partial charge in [0.05, 0.1) is 49.5 Å². The number of hydrogen-bond donors (Lipinski definition) is 1. The number of nitrogens with zero attached hydrogens (tertiary/aromatic N) is 1. The van der Waals surface area contributed by atoms with Gasteiger partial charge < -0.3 is 33.2 Å². The van der Waals surface area contributed by atoms with E-state index >= 15 is 0 Å². The van der Waals surface area contributed by atoms with E-state index in [9.17, 15) is 24.0 Å². The number of nitrogens with one attached hydrogen (secondary N) is 1. The van der Waals surface area contributed by atoms with Crippen LogP contribution in [0.2, 0.25) is 0 Å². The summed E-state index contributed by atoms with van der Waals surface area (Å²) in [6.45, 7) is 13.5. The lowest BCUT2D eigenvalue weighted by Gasteiger charge is -2.15. The fourth-order valence-electron chi connectivity index (χ4n) is 6.24. The van der Waals surface area contributed by atoms with Crippen molar-refractivity contribution in [3.05, 3.63) is 157 Å². The summed E-state index contributed by atoms with van der Waals surface area (Å²) in [5, 5.41) is 6.35. The number of carbonyl (C=O) groups is 5. The molecule has 0 aliphatic rings. The van der Waals surface area contributed by atoms with Crippen molar-refractivity contribution >= 4 is 52.5 Å². The molecule has 5 rings (SSSR count). The first-order valence-electron chi connectivity index (χ1n) is 21.9. The molecule has 0 spiro atoms. The fraction of sp³-hybridized carbons (Fsp3) is 0.245. The minimum Gasteiger partial charge on any atom is -0.494 e. The summed E-state index contributed by atoms with van der Waals surface area (Å²) < 4.78 is 39.0. The highest BCUT2D eigenvalue weighted by Crippen LogP contribution is 2.36. The van der Waals surface area contributed by atoms with Gasteiger partial charge in [-0.1, -0.05) is 56.1 Å². The van der Waals surface area contributed by atoms with E-state index in [1.165, 1.54) is 25.3 Å². The minimum atomic E-state index is -0.809. The minimum absolute atomic E-state index is 0.0602. The van der Waals surface area contributed by atoms with E-state index in [2.05, 4.69) is 30.3 Å². The standard InChI is InChI=1S/C53H54N2O12/c1-5-49(56)63-32-15-9-7-13-30-61-42-26-22-39(23-27-42)52(59)65-46-35-48(66-51(58)37(3)4)47(34-41(46)36-54-55-45-21-17-19-38-18-11-12-20-44(38)45)67-53(60)40-24-28-43(29-25-40)62-31-14-8-10-16-33-64-50(57)6-2/h5-6,11-12,17-29,34-36,55H,1-3,7-10,13-16,30-33H2,4H3/b54-36+. The number of rotatable bonds is 27. The molecule has 1 N–H and O–H groups in total. The summed E-state index contributed by atoms with van der Waals surface area (Å²) in [6.07, 6.45) is 10.2. The highest BCUT2D eigenvalue weighted by Gasteiger charge is 2.22. The van der Waals surface area contributed by atoms with Gasteiger partial charge in [0.2, 0.25) is 0 Å². The monoisotopic (exact) mass is 910 g/mol. The van der Waals surface area contributed by atoms with Crippen LogP contribution < -0.4 is 29.1 Å². The van der Waals surface area contributed by atoms with Gasteiger partial charge in [0, 0.05) is 34.7 Å². The van der Waals surface area contributed by atoms with Gasteiger partial charge in [-0.05, 0) is 124 Å². The van der Waals surface area contributed by atoms with Gasteiger partial charge in [-0.25, -0.2) is 24.0 Å². The Balaban J connectivity index is 1.30. The van der Waals surface area contributed by atoms with E-state index in [4.69, 9.17) is 33.2 Å². The lowest BCUT2D eigenvalue weighted by molar-refractivity contribution is -0.138. The van der Waals surface area contributed by atoms with Crippen LogP contribution in [0.15, 0.2) is 146 Å². The van der Waals surface area contributed by atoms with Gasteiger partial charge in [-0.3, -0.25) is 5.43 Å². The number of anilines is 1. The van der Waals surface area contributed by atoms with Crippen LogP contribution in [0.25, 0.3) is 10.8 Å².